The van der Waals surface area contributed by atoms with E-state index in [1.165, 1.54) is 0 Å². The maximum absolute atomic E-state index is 4.68. The number of imidazole rings is 1. The summed E-state index contributed by atoms with van der Waals surface area (Å²) in [6, 6.07) is 14.3. The lowest BCUT2D eigenvalue weighted by molar-refractivity contribution is 0.913. The molecule has 0 saturated heterocycles. The number of hydrogen-bond acceptors (Lipinski definition) is 3. The van der Waals surface area contributed by atoms with Crippen molar-refractivity contribution in [2.75, 3.05) is 11.4 Å². The van der Waals surface area contributed by atoms with Crippen LogP contribution >= 0.6 is 0 Å². The van der Waals surface area contributed by atoms with E-state index in [9.17, 15) is 0 Å². The fourth-order valence-corrected chi connectivity index (χ4v) is 2.18. The predicted molar refractivity (Wildman–Crippen MR) is 76.5 cm³/mol. The van der Waals surface area contributed by atoms with Crippen molar-refractivity contribution in [1.82, 2.24) is 14.5 Å². The lowest BCUT2D eigenvalue weighted by Crippen LogP contribution is -2.17. The van der Waals surface area contributed by atoms with Crippen molar-refractivity contribution < 1.29 is 0 Å². The van der Waals surface area contributed by atoms with Crippen molar-refractivity contribution in [1.29, 1.82) is 0 Å². The highest BCUT2D eigenvalue weighted by Gasteiger charge is 2.10. The molecule has 95 valence electrons. The van der Waals surface area contributed by atoms with E-state index in [4.69, 9.17) is 0 Å². The van der Waals surface area contributed by atoms with Gasteiger partial charge in [-0.25, -0.2) is 9.97 Å². The molecule has 1 radical (unpaired) electrons. The summed E-state index contributed by atoms with van der Waals surface area (Å²) in [7, 11) is 1.91. The van der Waals surface area contributed by atoms with Crippen LogP contribution in [0, 0.1) is 6.33 Å². The number of aryl methyl sites for hydroxylation is 1. The van der Waals surface area contributed by atoms with Crippen LogP contribution in [0.2, 0.25) is 0 Å². The van der Waals surface area contributed by atoms with Gasteiger partial charge in [0.05, 0.1) is 0 Å². The Labute approximate surface area is 112 Å². The minimum atomic E-state index is 0.854. The smallest absolute Gasteiger partial charge is 0.178 e. The molecule has 4 nitrogen and oxygen atoms in total. The Morgan fingerprint density at radius 3 is 2.68 bits per heavy atom. The number of pyridine rings is 1. The molecule has 3 aromatic rings. The fourth-order valence-electron chi connectivity index (χ4n) is 2.18. The first-order valence-corrected chi connectivity index (χ1v) is 6.33. The number of aromatic nitrogens is 3. The summed E-state index contributed by atoms with van der Waals surface area (Å²) in [4.78, 5) is 11.0. The van der Waals surface area contributed by atoms with Gasteiger partial charge >= 0.3 is 0 Å². The van der Waals surface area contributed by atoms with Crippen molar-refractivity contribution in [2.45, 2.75) is 6.92 Å². The minimum absolute atomic E-state index is 0.854. The lowest BCUT2D eigenvalue weighted by atomic mass is 10.2. The molecule has 0 aliphatic carbocycles. The molecule has 0 aliphatic rings. The number of hydrogen-bond donors (Lipinski definition) is 0. The number of rotatable bonds is 3. The lowest BCUT2D eigenvalue weighted by Gasteiger charge is -2.22. The van der Waals surface area contributed by atoms with Gasteiger partial charge in [-0.05, 0) is 31.2 Å². The van der Waals surface area contributed by atoms with E-state index >= 15 is 0 Å². The first-order chi connectivity index (χ1) is 9.29. The van der Waals surface area contributed by atoms with E-state index in [-0.39, 0.29) is 0 Å². The summed E-state index contributed by atoms with van der Waals surface area (Å²) in [5.41, 5.74) is 2.87. The SMILES string of the molecule is CCN(c1ccccc1)c1ccc2n[c]n(C)c2n1. The highest BCUT2D eigenvalue weighted by Crippen LogP contribution is 2.24. The predicted octanol–water partition coefficient (Wildman–Crippen LogP) is 2.93. The molecule has 0 unspecified atom stereocenters. The molecule has 0 N–H and O–H groups in total. The van der Waals surface area contributed by atoms with Crippen LogP contribution in [-0.4, -0.2) is 21.1 Å². The molecule has 0 amide bonds. The van der Waals surface area contributed by atoms with Crippen molar-refractivity contribution in [3.8, 4) is 0 Å². The average Bonchev–Trinajstić information content (AvgIpc) is 2.82. The Hall–Kier alpha value is -2.36. The van der Waals surface area contributed by atoms with E-state index in [0.717, 1.165) is 29.2 Å². The Bertz CT molecular complexity index is 688. The largest absolute Gasteiger partial charge is 0.327 e. The Morgan fingerprint density at radius 2 is 1.95 bits per heavy atom. The summed E-state index contributed by atoms with van der Waals surface area (Å²) >= 11 is 0. The number of benzene rings is 1. The van der Waals surface area contributed by atoms with Crippen LogP contribution in [-0.2, 0) is 7.05 Å². The molecule has 19 heavy (non-hydrogen) atoms. The second-order valence-electron chi connectivity index (χ2n) is 4.36. The maximum Gasteiger partial charge on any atom is 0.178 e. The van der Waals surface area contributed by atoms with Gasteiger partial charge < -0.3 is 9.47 Å². The van der Waals surface area contributed by atoms with Crippen LogP contribution < -0.4 is 4.90 Å². The summed E-state index contributed by atoms with van der Waals surface area (Å²) < 4.78 is 1.82. The minimum Gasteiger partial charge on any atom is -0.327 e. The second kappa shape index (κ2) is 4.72. The summed E-state index contributed by atoms with van der Waals surface area (Å²) in [6.45, 7) is 2.98. The summed E-state index contributed by atoms with van der Waals surface area (Å²) in [6.07, 6.45) is 2.89. The van der Waals surface area contributed by atoms with Crippen molar-refractivity contribution >= 4 is 22.7 Å². The van der Waals surface area contributed by atoms with Gasteiger partial charge in [-0.15, -0.1) is 0 Å². The number of para-hydroxylation sites is 1. The molecule has 4 heteroatoms. The zero-order valence-corrected chi connectivity index (χ0v) is 11.0. The molecule has 0 saturated carbocycles. The van der Waals surface area contributed by atoms with E-state index in [2.05, 4.69) is 40.3 Å². The molecule has 0 atom stereocenters. The van der Waals surface area contributed by atoms with E-state index < -0.39 is 0 Å². The van der Waals surface area contributed by atoms with Crippen LogP contribution in [0.1, 0.15) is 6.92 Å². The normalized spacial score (nSPS) is 10.8. The number of nitrogens with zero attached hydrogens (tertiary/aromatic N) is 4. The van der Waals surface area contributed by atoms with E-state index in [1.54, 1.807) is 0 Å². The highest BCUT2D eigenvalue weighted by molar-refractivity contribution is 5.74. The Morgan fingerprint density at radius 1 is 1.16 bits per heavy atom. The van der Waals surface area contributed by atoms with Gasteiger partial charge in [0.1, 0.15) is 11.3 Å². The molecule has 2 aromatic heterocycles. The summed E-state index contributed by atoms with van der Waals surface area (Å²) in [5, 5.41) is 0. The molecule has 0 aliphatic heterocycles. The summed E-state index contributed by atoms with van der Waals surface area (Å²) in [5.74, 6) is 0.929. The molecule has 1 aromatic carbocycles. The second-order valence-corrected chi connectivity index (χ2v) is 4.36. The standard InChI is InChI=1S/C15H15N4/c1-3-19(12-7-5-4-6-8-12)14-10-9-13-15(17-14)18(2)11-16-13/h4-10H,3H2,1-2H3. The van der Waals surface area contributed by atoms with Crippen LogP contribution in [0.25, 0.3) is 11.2 Å². The zero-order valence-electron chi connectivity index (χ0n) is 11.0. The van der Waals surface area contributed by atoms with Crippen LogP contribution in [0.5, 0.6) is 0 Å². The van der Waals surface area contributed by atoms with Gasteiger partial charge in [-0.3, -0.25) is 0 Å². The number of anilines is 2. The van der Waals surface area contributed by atoms with Crippen molar-refractivity contribution in [3.05, 3.63) is 48.8 Å². The molecule has 0 bridgehead atoms. The monoisotopic (exact) mass is 251 g/mol. The van der Waals surface area contributed by atoms with Crippen molar-refractivity contribution in [2.24, 2.45) is 7.05 Å². The Balaban J connectivity index is 2.08. The van der Waals surface area contributed by atoms with Crippen LogP contribution in [0.3, 0.4) is 0 Å². The van der Waals surface area contributed by atoms with Crippen LogP contribution in [0.15, 0.2) is 42.5 Å². The fraction of sp³-hybridized carbons (Fsp3) is 0.200. The first kappa shape index (κ1) is 11.7. The van der Waals surface area contributed by atoms with Gasteiger partial charge in [0.2, 0.25) is 0 Å². The Kier molecular flexibility index (Phi) is 2.91. The van der Waals surface area contributed by atoms with E-state index in [1.807, 2.05) is 41.9 Å². The van der Waals surface area contributed by atoms with E-state index in [0.29, 0.717) is 0 Å². The average molecular weight is 251 g/mol. The molecule has 0 fully saturated rings. The number of fused-ring (bicyclic) bond motifs is 1. The molecular formula is C15H15N4. The topological polar surface area (TPSA) is 34.0 Å². The third kappa shape index (κ3) is 2.05. The quantitative estimate of drug-likeness (QED) is 0.717. The molecular weight excluding hydrogens is 236 g/mol. The van der Waals surface area contributed by atoms with Gasteiger partial charge in [-0.1, -0.05) is 18.2 Å². The van der Waals surface area contributed by atoms with Gasteiger partial charge in [0.15, 0.2) is 12.0 Å². The first-order valence-electron chi connectivity index (χ1n) is 6.33. The molecule has 3 rings (SSSR count). The van der Waals surface area contributed by atoms with Gasteiger partial charge in [-0.2, -0.15) is 0 Å². The highest BCUT2D eigenvalue weighted by atomic mass is 15.2. The molecule has 2 heterocycles. The van der Waals surface area contributed by atoms with Gasteiger partial charge in [0.25, 0.3) is 0 Å². The third-order valence-electron chi connectivity index (χ3n) is 3.14. The van der Waals surface area contributed by atoms with Crippen LogP contribution in [0.4, 0.5) is 11.5 Å². The van der Waals surface area contributed by atoms with Gasteiger partial charge in [0, 0.05) is 19.3 Å². The molecule has 0 spiro atoms. The maximum atomic E-state index is 4.68. The van der Waals surface area contributed by atoms with Crippen molar-refractivity contribution in [3.63, 3.8) is 0 Å². The zero-order chi connectivity index (χ0) is 13.2. The third-order valence-corrected chi connectivity index (χ3v) is 3.14.